The summed E-state index contributed by atoms with van der Waals surface area (Å²) in [5.41, 5.74) is -0.153. The predicted octanol–water partition coefficient (Wildman–Crippen LogP) is 4.49. The average molecular weight is 515 g/mol. The van der Waals surface area contributed by atoms with Crippen LogP contribution in [0.25, 0.3) is 0 Å². The highest BCUT2D eigenvalue weighted by Crippen LogP contribution is 2.80. The van der Waals surface area contributed by atoms with Gasteiger partial charge in [-0.25, -0.2) is 0 Å². The molecule has 8 aliphatic rings. The Kier molecular flexibility index (Phi) is 4.87. The zero-order chi connectivity index (χ0) is 26.3. The molecule has 204 valence electrons. The van der Waals surface area contributed by atoms with Gasteiger partial charge < -0.3 is 28.8 Å². The molecule has 4 aliphatic heterocycles. The molecular weight excluding hydrogens is 472 g/mol. The lowest BCUT2D eigenvalue weighted by Gasteiger charge is -2.77. The zero-order valence-corrected chi connectivity index (χ0v) is 23.1. The summed E-state index contributed by atoms with van der Waals surface area (Å²) in [6.07, 6.45) is 2.41. The highest BCUT2D eigenvalue weighted by molar-refractivity contribution is 6.05. The van der Waals surface area contributed by atoms with Crippen molar-refractivity contribution in [3.63, 3.8) is 0 Å². The molecule has 37 heavy (non-hydrogen) atoms. The number of ketones is 1. The van der Waals surface area contributed by atoms with Gasteiger partial charge in [0.1, 0.15) is 17.3 Å². The minimum atomic E-state index is -1.47. The van der Waals surface area contributed by atoms with Gasteiger partial charge in [0.2, 0.25) is 5.79 Å². The Labute approximate surface area is 219 Å². The van der Waals surface area contributed by atoms with Crippen LogP contribution in [0.15, 0.2) is 23.5 Å². The maximum Gasteiger partial charge on any atom is 0.213 e. The summed E-state index contributed by atoms with van der Waals surface area (Å²) >= 11 is 0. The molecule has 1 unspecified atom stereocenters. The van der Waals surface area contributed by atoms with Gasteiger partial charge in [0.15, 0.2) is 17.9 Å². The predicted molar refractivity (Wildman–Crippen MR) is 134 cm³/mol. The molecule has 0 aromatic heterocycles. The smallest absolute Gasteiger partial charge is 0.213 e. The molecule has 8 rings (SSSR count). The van der Waals surface area contributed by atoms with E-state index in [1.807, 2.05) is 13.8 Å². The highest BCUT2D eigenvalue weighted by atomic mass is 16.8. The second-order valence-electron chi connectivity index (χ2n) is 14.3. The number of fused-ring (bicyclic) bond motifs is 1. The number of aliphatic hydroxyl groups is 1. The lowest BCUT2D eigenvalue weighted by molar-refractivity contribution is -0.527. The van der Waals surface area contributed by atoms with Crippen molar-refractivity contribution in [2.75, 3.05) is 13.2 Å². The molecule has 6 fully saturated rings. The molecule has 4 heterocycles. The highest BCUT2D eigenvalue weighted by Gasteiger charge is 2.90. The second-order valence-corrected chi connectivity index (χ2v) is 14.3. The first-order valence-corrected chi connectivity index (χ1v) is 14.3. The summed E-state index contributed by atoms with van der Waals surface area (Å²) in [6.45, 7) is 17.7. The summed E-state index contributed by atoms with van der Waals surface area (Å²) in [5, 5.41) is 12.5. The number of Topliss-reactive ketones (excluding diaryl/α,β-unsaturated/α-hetero) is 1. The first-order chi connectivity index (χ1) is 17.3. The molecule has 4 aliphatic carbocycles. The summed E-state index contributed by atoms with van der Waals surface area (Å²) < 4.78 is 33.0. The van der Waals surface area contributed by atoms with Crippen LogP contribution in [0, 0.1) is 39.9 Å². The van der Waals surface area contributed by atoms with Gasteiger partial charge in [-0.2, -0.15) is 0 Å². The number of carbonyl (C=O) groups is 1. The van der Waals surface area contributed by atoms with Crippen molar-refractivity contribution in [2.24, 2.45) is 39.9 Å². The topological polar surface area (TPSA) is 83.5 Å². The van der Waals surface area contributed by atoms with Crippen LogP contribution < -0.4 is 0 Å². The van der Waals surface area contributed by atoms with Crippen LogP contribution >= 0.6 is 0 Å². The minimum absolute atomic E-state index is 0.0500. The van der Waals surface area contributed by atoms with Crippen molar-refractivity contribution in [3.05, 3.63) is 23.5 Å². The van der Waals surface area contributed by atoms with Gasteiger partial charge in [-0.3, -0.25) is 4.79 Å². The van der Waals surface area contributed by atoms with Crippen molar-refractivity contribution in [3.8, 4) is 0 Å². The Morgan fingerprint density at radius 2 is 1.92 bits per heavy atom. The lowest BCUT2D eigenvalue weighted by atomic mass is 9.36. The fourth-order valence-electron chi connectivity index (χ4n) is 10.1. The molecule has 1 N–H and O–H groups in total. The monoisotopic (exact) mass is 514 g/mol. The minimum Gasteiger partial charge on any atom is -0.469 e. The van der Waals surface area contributed by atoms with E-state index >= 15 is 0 Å². The van der Waals surface area contributed by atoms with Crippen molar-refractivity contribution in [1.82, 2.24) is 0 Å². The molecule has 9 atom stereocenters. The van der Waals surface area contributed by atoms with E-state index in [0.29, 0.717) is 24.7 Å². The van der Waals surface area contributed by atoms with E-state index in [0.717, 1.165) is 37.9 Å². The molecule has 0 aromatic carbocycles. The molecule has 0 amide bonds. The molecule has 3 spiro atoms. The molecule has 7 heteroatoms. The molecule has 3 saturated heterocycles. The molecule has 4 bridgehead atoms. The van der Waals surface area contributed by atoms with Crippen LogP contribution in [0.1, 0.15) is 73.6 Å². The van der Waals surface area contributed by atoms with E-state index in [4.69, 9.17) is 23.7 Å². The largest absolute Gasteiger partial charge is 0.469 e. The number of carbonyl (C=O) groups excluding carboxylic acids is 1. The van der Waals surface area contributed by atoms with E-state index in [2.05, 4.69) is 34.3 Å². The van der Waals surface area contributed by atoms with Gasteiger partial charge in [-0.1, -0.05) is 34.3 Å². The second kappa shape index (κ2) is 7.28. The van der Waals surface area contributed by atoms with E-state index in [9.17, 15) is 9.90 Å². The Hall–Kier alpha value is -1.25. The van der Waals surface area contributed by atoms with Gasteiger partial charge in [-0.05, 0) is 67.9 Å². The Morgan fingerprint density at radius 3 is 2.65 bits per heavy atom. The van der Waals surface area contributed by atoms with E-state index in [1.165, 1.54) is 5.57 Å². The van der Waals surface area contributed by atoms with Crippen LogP contribution in [0.5, 0.6) is 0 Å². The molecule has 3 saturated carbocycles. The SMILES string of the molecule is C=C1C(=O)[C@@]23[C@@H]4OC(C)(C)OC25OC[C@]2(C6=C(CC[C@H](OCC(C)C)O6)CC(C)(C)[C@H]2[C@@H]5O)[C@@H]3CC[C@@H]14. The molecule has 0 radical (unpaired) electrons. The van der Waals surface area contributed by atoms with Gasteiger partial charge in [0.25, 0.3) is 0 Å². The maximum atomic E-state index is 14.4. The zero-order valence-electron chi connectivity index (χ0n) is 23.1. The fourth-order valence-corrected chi connectivity index (χ4v) is 10.1. The van der Waals surface area contributed by atoms with Gasteiger partial charge >= 0.3 is 0 Å². The first-order valence-electron chi connectivity index (χ1n) is 14.3. The van der Waals surface area contributed by atoms with E-state index in [1.54, 1.807) is 0 Å². The van der Waals surface area contributed by atoms with Gasteiger partial charge in [-0.15, -0.1) is 0 Å². The molecule has 7 nitrogen and oxygen atoms in total. The van der Waals surface area contributed by atoms with Crippen LogP contribution in [-0.2, 0) is 28.5 Å². The van der Waals surface area contributed by atoms with E-state index in [-0.39, 0.29) is 35.2 Å². The van der Waals surface area contributed by atoms with Crippen molar-refractivity contribution >= 4 is 5.78 Å². The number of aliphatic hydroxyl groups excluding tert-OH is 1. The normalized spacial score (nSPS) is 50.5. The third kappa shape index (κ3) is 2.69. The molecular formula is C30H42O7. The third-order valence-electron chi connectivity index (χ3n) is 10.8. The van der Waals surface area contributed by atoms with E-state index < -0.39 is 34.6 Å². The number of hydrogen-bond donors (Lipinski definition) is 1. The van der Waals surface area contributed by atoms with Gasteiger partial charge in [0, 0.05) is 18.3 Å². The summed E-state index contributed by atoms with van der Waals surface area (Å²) in [7, 11) is 0. The lowest BCUT2D eigenvalue weighted by Crippen LogP contribution is -2.87. The summed E-state index contributed by atoms with van der Waals surface area (Å²) in [5.74, 6) is -1.63. The fraction of sp³-hybridized carbons (Fsp3) is 0.833. The van der Waals surface area contributed by atoms with Crippen molar-refractivity contribution in [1.29, 1.82) is 0 Å². The Balaban J connectivity index is 1.44. The Morgan fingerprint density at radius 1 is 1.16 bits per heavy atom. The van der Waals surface area contributed by atoms with Gasteiger partial charge in [0.05, 0.1) is 24.7 Å². The number of rotatable bonds is 3. The first kappa shape index (κ1) is 24.8. The standard InChI is InChI=1S/C30H42O7/c1-15(2)13-33-20-11-8-17-12-26(4,5)21-23(32)30-29-19(28(21,14-34-30)24(17)35-20)10-9-18(16(3)22(29)31)25(29)36-27(6,7)37-30/h15,18-21,23,25,32H,3,8-14H2,1-2,4-7H3/t18-,19-,20+,21+,23-,25+,28-,29-,30?/m0/s1. The van der Waals surface area contributed by atoms with Crippen LogP contribution in [0.2, 0.25) is 0 Å². The number of allylic oxidation sites excluding steroid dienone is 1. The number of hydrogen-bond acceptors (Lipinski definition) is 7. The Bertz CT molecular complexity index is 1110. The third-order valence-corrected chi connectivity index (χ3v) is 10.8. The maximum absolute atomic E-state index is 14.4. The van der Waals surface area contributed by atoms with Crippen LogP contribution in [-0.4, -0.2) is 54.2 Å². The van der Waals surface area contributed by atoms with Crippen LogP contribution in [0.4, 0.5) is 0 Å². The summed E-state index contributed by atoms with van der Waals surface area (Å²) in [4.78, 5) is 14.4. The van der Waals surface area contributed by atoms with Crippen molar-refractivity contribution in [2.45, 2.75) is 104 Å². The van der Waals surface area contributed by atoms with Crippen molar-refractivity contribution < 1.29 is 33.6 Å². The number of ether oxygens (including phenoxy) is 5. The molecule has 0 aromatic rings. The summed E-state index contributed by atoms with van der Waals surface area (Å²) in [6, 6.07) is 0. The quantitative estimate of drug-likeness (QED) is 0.556. The average Bonchev–Trinajstić information content (AvgIpc) is 2.92. The van der Waals surface area contributed by atoms with Crippen LogP contribution in [0.3, 0.4) is 0 Å².